The van der Waals surface area contributed by atoms with Crippen molar-refractivity contribution in [2.75, 3.05) is 7.05 Å². The number of allylic oxidation sites excluding steroid dienone is 5. The molecular weight excluding hydrogens is 392 g/mol. The molecule has 31 heavy (non-hydrogen) atoms. The maximum absolute atomic E-state index is 13.1. The Morgan fingerprint density at radius 2 is 1.71 bits per heavy atom. The van der Waals surface area contributed by atoms with E-state index in [4.69, 9.17) is 4.74 Å². The van der Waals surface area contributed by atoms with E-state index in [9.17, 15) is 8.78 Å². The Morgan fingerprint density at radius 1 is 1.03 bits per heavy atom. The van der Waals surface area contributed by atoms with Crippen molar-refractivity contribution in [3.05, 3.63) is 99.8 Å². The molecule has 2 aromatic carbocycles. The van der Waals surface area contributed by atoms with Gasteiger partial charge in [-0.2, -0.15) is 8.78 Å². The Kier molecular flexibility index (Phi) is 9.67. The maximum atomic E-state index is 13.1. The van der Waals surface area contributed by atoms with Crippen LogP contribution in [-0.2, 0) is 17.7 Å². The SMILES string of the molecule is CC/C(C)=C(/C=C\C(OC(F)F)=C(/C)c1cccc(C)c1)Cc1ccc(CNC)cc1. The molecule has 0 aliphatic carbocycles. The van der Waals surface area contributed by atoms with E-state index in [2.05, 4.69) is 43.4 Å². The van der Waals surface area contributed by atoms with Gasteiger partial charge in [0.1, 0.15) is 5.76 Å². The van der Waals surface area contributed by atoms with Crippen molar-refractivity contribution < 1.29 is 13.5 Å². The van der Waals surface area contributed by atoms with E-state index in [0.29, 0.717) is 5.57 Å². The lowest BCUT2D eigenvalue weighted by Crippen LogP contribution is -2.04. The average molecular weight is 426 g/mol. The van der Waals surface area contributed by atoms with Crippen molar-refractivity contribution in [3.63, 3.8) is 0 Å². The number of ether oxygens (including phenoxy) is 1. The summed E-state index contributed by atoms with van der Waals surface area (Å²) in [4.78, 5) is 0. The van der Waals surface area contributed by atoms with Gasteiger partial charge >= 0.3 is 6.61 Å². The second kappa shape index (κ2) is 12.2. The van der Waals surface area contributed by atoms with Gasteiger partial charge in [0, 0.05) is 6.54 Å². The van der Waals surface area contributed by atoms with Crippen molar-refractivity contribution in [1.29, 1.82) is 0 Å². The van der Waals surface area contributed by atoms with Crippen LogP contribution >= 0.6 is 0 Å². The quantitative estimate of drug-likeness (QED) is 0.321. The summed E-state index contributed by atoms with van der Waals surface area (Å²) in [6.07, 6.45) is 5.22. The predicted octanol–water partition coefficient (Wildman–Crippen LogP) is 7.21. The summed E-state index contributed by atoms with van der Waals surface area (Å²) in [7, 11) is 1.93. The van der Waals surface area contributed by atoms with Gasteiger partial charge in [0.2, 0.25) is 0 Å². The van der Waals surface area contributed by atoms with Crippen LogP contribution in [0.25, 0.3) is 5.57 Å². The summed E-state index contributed by atoms with van der Waals surface area (Å²) in [5.41, 5.74) is 7.37. The molecule has 0 atom stereocenters. The smallest absolute Gasteiger partial charge is 0.387 e. The fourth-order valence-electron chi connectivity index (χ4n) is 3.32. The molecule has 0 spiro atoms. The van der Waals surface area contributed by atoms with E-state index in [1.165, 1.54) is 16.7 Å². The molecule has 1 N–H and O–H groups in total. The molecule has 0 aliphatic rings. The lowest BCUT2D eigenvalue weighted by Gasteiger charge is -2.13. The minimum atomic E-state index is -2.88. The van der Waals surface area contributed by atoms with E-state index in [1.807, 2.05) is 51.2 Å². The predicted molar refractivity (Wildman–Crippen MR) is 126 cm³/mol. The van der Waals surface area contributed by atoms with E-state index in [1.54, 1.807) is 6.08 Å². The topological polar surface area (TPSA) is 21.3 Å². The molecule has 0 aromatic heterocycles. The minimum Gasteiger partial charge on any atom is -0.435 e. The Morgan fingerprint density at radius 3 is 2.29 bits per heavy atom. The van der Waals surface area contributed by atoms with Gasteiger partial charge in [0.05, 0.1) is 0 Å². The van der Waals surface area contributed by atoms with Crippen LogP contribution in [0.4, 0.5) is 8.78 Å². The van der Waals surface area contributed by atoms with Crippen LogP contribution in [-0.4, -0.2) is 13.7 Å². The van der Waals surface area contributed by atoms with Crippen LogP contribution in [0.5, 0.6) is 0 Å². The van der Waals surface area contributed by atoms with Gasteiger partial charge in [-0.15, -0.1) is 0 Å². The van der Waals surface area contributed by atoms with Crippen LogP contribution in [0, 0.1) is 6.92 Å². The van der Waals surface area contributed by atoms with Crippen molar-refractivity contribution in [2.45, 2.75) is 53.7 Å². The van der Waals surface area contributed by atoms with Crippen LogP contribution in [0.2, 0.25) is 0 Å². The molecule has 0 heterocycles. The van der Waals surface area contributed by atoms with Gasteiger partial charge in [-0.25, -0.2) is 0 Å². The first kappa shape index (κ1) is 24.5. The molecule has 2 rings (SSSR count). The second-order valence-corrected chi connectivity index (χ2v) is 7.75. The van der Waals surface area contributed by atoms with Gasteiger partial charge in [-0.05, 0) is 74.6 Å². The molecule has 4 heteroatoms. The third-order valence-electron chi connectivity index (χ3n) is 5.35. The van der Waals surface area contributed by atoms with Gasteiger partial charge in [0.15, 0.2) is 0 Å². The molecule has 0 radical (unpaired) electrons. The summed E-state index contributed by atoms with van der Waals surface area (Å²) >= 11 is 0. The zero-order chi connectivity index (χ0) is 22.8. The highest BCUT2D eigenvalue weighted by Gasteiger charge is 2.11. The number of nitrogens with one attached hydrogen (secondary N) is 1. The number of aryl methyl sites for hydroxylation is 1. The van der Waals surface area contributed by atoms with Gasteiger partial charge in [-0.1, -0.05) is 72.7 Å². The van der Waals surface area contributed by atoms with E-state index in [0.717, 1.165) is 36.1 Å². The van der Waals surface area contributed by atoms with Gasteiger partial charge in [-0.3, -0.25) is 0 Å². The third kappa shape index (κ3) is 7.80. The normalized spacial score (nSPS) is 13.4. The van der Waals surface area contributed by atoms with E-state index >= 15 is 0 Å². The van der Waals surface area contributed by atoms with Gasteiger partial charge in [0.25, 0.3) is 0 Å². The van der Waals surface area contributed by atoms with Crippen molar-refractivity contribution in [3.8, 4) is 0 Å². The van der Waals surface area contributed by atoms with E-state index in [-0.39, 0.29) is 5.76 Å². The number of hydrogen-bond acceptors (Lipinski definition) is 2. The summed E-state index contributed by atoms with van der Waals surface area (Å²) < 4.78 is 31.2. The fourth-order valence-corrected chi connectivity index (χ4v) is 3.32. The first-order chi connectivity index (χ1) is 14.8. The number of rotatable bonds is 10. The molecule has 0 unspecified atom stereocenters. The minimum absolute atomic E-state index is 0.186. The molecule has 0 amide bonds. The molecule has 2 nitrogen and oxygen atoms in total. The molecular formula is C27H33F2NO. The number of halogens is 2. The first-order valence-electron chi connectivity index (χ1n) is 10.7. The van der Waals surface area contributed by atoms with Crippen LogP contribution < -0.4 is 5.32 Å². The van der Waals surface area contributed by atoms with Crippen molar-refractivity contribution in [2.24, 2.45) is 0 Å². The molecule has 0 saturated heterocycles. The standard InChI is InChI=1S/C27H33F2NO/c1-6-20(3)24(17-22-10-12-23(13-11-22)18-30-5)14-15-26(31-27(28)29)21(4)25-9-7-8-19(2)16-25/h7-16,27,30H,6,17-18H2,1-5H3/b15-14-,24-20-,26-21-. The van der Waals surface area contributed by atoms with Crippen molar-refractivity contribution in [1.82, 2.24) is 5.32 Å². The molecule has 0 saturated carbocycles. The summed E-state index contributed by atoms with van der Waals surface area (Å²) in [5, 5.41) is 3.15. The number of benzene rings is 2. The van der Waals surface area contributed by atoms with E-state index < -0.39 is 6.61 Å². The summed E-state index contributed by atoms with van der Waals surface area (Å²) in [6, 6.07) is 16.2. The zero-order valence-corrected chi connectivity index (χ0v) is 19.1. The fraction of sp³-hybridized carbons (Fsp3) is 0.333. The zero-order valence-electron chi connectivity index (χ0n) is 19.1. The first-order valence-corrected chi connectivity index (χ1v) is 10.7. The molecule has 0 bridgehead atoms. The highest BCUT2D eigenvalue weighted by Crippen LogP contribution is 2.24. The molecule has 0 fully saturated rings. The maximum Gasteiger partial charge on any atom is 0.387 e. The third-order valence-corrected chi connectivity index (χ3v) is 5.35. The Labute approximate surface area is 185 Å². The molecule has 0 aliphatic heterocycles. The van der Waals surface area contributed by atoms with Gasteiger partial charge < -0.3 is 10.1 Å². The lowest BCUT2D eigenvalue weighted by molar-refractivity contribution is -0.0914. The lowest BCUT2D eigenvalue weighted by atomic mass is 9.97. The second-order valence-electron chi connectivity index (χ2n) is 7.75. The average Bonchev–Trinajstić information content (AvgIpc) is 2.75. The highest BCUT2D eigenvalue weighted by molar-refractivity contribution is 5.68. The van der Waals surface area contributed by atoms with Crippen LogP contribution in [0.15, 0.2) is 77.6 Å². The number of hydrogen-bond donors (Lipinski definition) is 1. The van der Waals surface area contributed by atoms with Crippen LogP contribution in [0.1, 0.15) is 49.4 Å². The Bertz CT molecular complexity index is 940. The Hall–Kier alpha value is -2.72. The molecule has 2 aromatic rings. The van der Waals surface area contributed by atoms with Crippen LogP contribution in [0.3, 0.4) is 0 Å². The monoisotopic (exact) mass is 425 g/mol. The molecule has 166 valence electrons. The largest absolute Gasteiger partial charge is 0.435 e. The number of alkyl halides is 2. The highest BCUT2D eigenvalue weighted by atomic mass is 19.3. The summed E-state index contributed by atoms with van der Waals surface area (Å²) in [5.74, 6) is 0.186. The summed E-state index contributed by atoms with van der Waals surface area (Å²) in [6.45, 7) is 5.93. The Balaban J connectivity index is 2.35. The van der Waals surface area contributed by atoms with Crippen molar-refractivity contribution >= 4 is 5.57 Å².